The number of nitrogens with one attached hydrogen (secondary N) is 1. The Balaban J connectivity index is 2.18. The number of carbonyl (C=O) groups is 2. The number of aryl methyl sites for hydroxylation is 1. The summed E-state index contributed by atoms with van der Waals surface area (Å²) >= 11 is 1.34. The normalized spacial score (nSPS) is 12.5. The van der Waals surface area contributed by atoms with E-state index in [0.717, 1.165) is 17.7 Å². The number of carbonyl (C=O) groups excluding carboxylic acids is 1. The first-order chi connectivity index (χ1) is 11.7. The molecule has 1 aromatic carbocycles. The van der Waals surface area contributed by atoms with Crippen molar-refractivity contribution in [3.05, 3.63) is 51.7 Å². The van der Waals surface area contributed by atoms with Crippen LogP contribution in [-0.4, -0.2) is 23.3 Å². The van der Waals surface area contributed by atoms with E-state index in [1.54, 1.807) is 17.7 Å². The fraction of sp³-hybridized carbons (Fsp3) is 0.250. The van der Waals surface area contributed by atoms with E-state index in [1.807, 2.05) is 0 Å². The van der Waals surface area contributed by atoms with Crippen molar-refractivity contribution in [3.63, 3.8) is 0 Å². The molecule has 0 aliphatic rings. The van der Waals surface area contributed by atoms with Gasteiger partial charge < -0.3 is 15.2 Å². The summed E-state index contributed by atoms with van der Waals surface area (Å²) in [5.74, 6) is -2.02. The molecule has 0 radical (unpaired) electrons. The van der Waals surface area contributed by atoms with Crippen molar-refractivity contribution < 1.29 is 32.6 Å². The van der Waals surface area contributed by atoms with Crippen molar-refractivity contribution >= 4 is 23.2 Å². The molecule has 134 valence electrons. The molecule has 0 aliphatic heterocycles. The standard InChI is InChI=1S/C16H14F3NO4S/c1-9-7-25-8-12(9)15(23)20-13(6-14(21)22)10-2-4-11(5-3-10)24-16(17,18)19/h2-5,7-8,13H,6H2,1H3,(H,20,23)(H,21,22). The van der Waals surface area contributed by atoms with Gasteiger partial charge in [-0.15, -0.1) is 13.2 Å². The number of hydrogen-bond donors (Lipinski definition) is 2. The first-order valence-electron chi connectivity index (χ1n) is 7.07. The summed E-state index contributed by atoms with van der Waals surface area (Å²) in [4.78, 5) is 23.3. The van der Waals surface area contributed by atoms with Crippen LogP contribution in [0.15, 0.2) is 35.0 Å². The van der Waals surface area contributed by atoms with E-state index in [0.29, 0.717) is 11.1 Å². The van der Waals surface area contributed by atoms with E-state index < -0.39 is 36.5 Å². The van der Waals surface area contributed by atoms with Crippen LogP contribution in [0, 0.1) is 6.92 Å². The van der Waals surface area contributed by atoms with Crippen LogP contribution in [-0.2, 0) is 4.79 Å². The molecule has 0 aliphatic carbocycles. The molecule has 2 aromatic rings. The van der Waals surface area contributed by atoms with Crippen molar-refractivity contribution in [1.82, 2.24) is 5.32 Å². The first-order valence-corrected chi connectivity index (χ1v) is 8.01. The molecule has 0 saturated heterocycles. The zero-order chi connectivity index (χ0) is 18.6. The summed E-state index contributed by atoms with van der Waals surface area (Å²) in [6.45, 7) is 1.75. The molecular weight excluding hydrogens is 359 g/mol. The van der Waals surface area contributed by atoms with Gasteiger partial charge in [-0.3, -0.25) is 9.59 Å². The molecule has 25 heavy (non-hydrogen) atoms. The molecule has 9 heteroatoms. The van der Waals surface area contributed by atoms with Gasteiger partial charge in [-0.2, -0.15) is 11.3 Å². The molecule has 1 aromatic heterocycles. The topological polar surface area (TPSA) is 75.6 Å². The van der Waals surface area contributed by atoms with Crippen molar-refractivity contribution in [2.45, 2.75) is 25.7 Å². The van der Waals surface area contributed by atoms with E-state index >= 15 is 0 Å². The maximum atomic E-state index is 12.3. The summed E-state index contributed by atoms with van der Waals surface area (Å²) in [6, 6.07) is 3.83. The fourth-order valence-corrected chi connectivity index (χ4v) is 2.99. The molecule has 0 saturated carbocycles. The molecular formula is C16H14F3NO4S. The molecule has 0 fully saturated rings. The largest absolute Gasteiger partial charge is 0.573 e. The Labute approximate surface area is 145 Å². The number of halogens is 3. The van der Waals surface area contributed by atoms with Crippen LogP contribution in [0.1, 0.15) is 33.9 Å². The zero-order valence-electron chi connectivity index (χ0n) is 13.0. The second kappa shape index (κ2) is 7.56. The number of rotatable bonds is 6. The number of benzene rings is 1. The third-order valence-corrected chi connectivity index (χ3v) is 4.16. The number of carboxylic acid groups (broad SMARTS) is 1. The number of hydrogen-bond acceptors (Lipinski definition) is 4. The minimum atomic E-state index is -4.81. The van der Waals surface area contributed by atoms with Crippen LogP contribution >= 0.6 is 11.3 Å². The third kappa shape index (κ3) is 5.49. The zero-order valence-corrected chi connectivity index (χ0v) is 13.8. The van der Waals surface area contributed by atoms with Crippen LogP contribution in [0.5, 0.6) is 5.75 Å². The molecule has 5 nitrogen and oxygen atoms in total. The van der Waals surface area contributed by atoms with Gasteiger partial charge in [0.2, 0.25) is 0 Å². The molecule has 1 unspecified atom stereocenters. The van der Waals surface area contributed by atoms with Gasteiger partial charge in [0.1, 0.15) is 5.75 Å². The molecule has 0 spiro atoms. The molecule has 1 atom stereocenters. The van der Waals surface area contributed by atoms with Gasteiger partial charge in [0, 0.05) is 5.38 Å². The highest BCUT2D eigenvalue weighted by molar-refractivity contribution is 7.08. The van der Waals surface area contributed by atoms with Gasteiger partial charge in [0.25, 0.3) is 5.91 Å². The lowest BCUT2D eigenvalue weighted by Crippen LogP contribution is -2.30. The highest BCUT2D eigenvalue weighted by atomic mass is 32.1. The lowest BCUT2D eigenvalue weighted by molar-refractivity contribution is -0.274. The van der Waals surface area contributed by atoms with Gasteiger partial charge in [-0.25, -0.2) is 0 Å². The minimum absolute atomic E-state index is 0.359. The minimum Gasteiger partial charge on any atom is -0.481 e. The fourth-order valence-electron chi connectivity index (χ4n) is 2.16. The third-order valence-electron chi connectivity index (χ3n) is 3.30. The van der Waals surface area contributed by atoms with Gasteiger partial charge in [-0.05, 0) is 35.6 Å². The van der Waals surface area contributed by atoms with Gasteiger partial charge in [-0.1, -0.05) is 12.1 Å². The van der Waals surface area contributed by atoms with Gasteiger partial charge in [0.05, 0.1) is 18.0 Å². The van der Waals surface area contributed by atoms with Crippen molar-refractivity contribution in [3.8, 4) is 5.75 Å². The molecule has 2 rings (SSSR count). The Morgan fingerprint density at radius 3 is 2.36 bits per heavy atom. The van der Waals surface area contributed by atoms with Crippen molar-refractivity contribution in [2.24, 2.45) is 0 Å². The van der Waals surface area contributed by atoms with Crippen LogP contribution in [0.4, 0.5) is 13.2 Å². The lowest BCUT2D eigenvalue weighted by Gasteiger charge is -2.18. The van der Waals surface area contributed by atoms with E-state index in [2.05, 4.69) is 10.1 Å². The number of alkyl halides is 3. The predicted octanol–water partition coefficient (Wildman–Crippen LogP) is 3.90. The second-order valence-electron chi connectivity index (χ2n) is 5.21. The molecule has 2 N–H and O–H groups in total. The average molecular weight is 373 g/mol. The van der Waals surface area contributed by atoms with Gasteiger partial charge in [0.15, 0.2) is 0 Å². The predicted molar refractivity (Wildman–Crippen MR) is 84.6 cm³/mol. The summed E-state index contributed by atoms with van der Waals surface area (Å²) in [6.07, 6.45) is -5.22. The Hall–Kier alpha value is -2.55. The highest BCUT2D eigenvalue weighted by Gasteiger charge is 2.31. The molecule has 0 bridgehead atoms. The number of thiophene rings is 1. The Morgan fingerprint density at radius 2 is 1.88 bits per heavy atom. The van der Waals surface area contributed by atoms with Crippen LogP contribution < -0.4 is 10.1 Å². The number of amides is 1. The van der Waals surface area contributed by atoms with Crippen LogP contribution in [0.25, 0.3) is 0 Å². The van der Waals surface area contributed by atoms with Gasteiger partial charge >= 0.3 is 12.3 Å². The summed E-state index contributed by atoms with van der Waals surface area (Å²) in [5.41, 5.74) is 1.54. The Kier molecular flexibility index (Phi) is 5.68. The number of ether oxygens (including phenoxy) is 1. The maximum Gasteiger partial charge on any atom is 0.573 e. The van der Waals surface area contributed by atoms with Crippen LogP contribution in [0.3, 0.4) is 0 Å². The number of aliphatic carboxylic acids is 1. The Bertz CT molecular complexity index is 755. The quantitative estimate of drug-likeness (QED) is 0.805. The van der Waals surface area contributed by atoms with Crippen molar-refractivity contribution in [1.29, 1.82) is 0 Å². The molecule has 1 heterocycles. The first kappa shape index (κ1) is 18.8. The number of carboxylic acids is 1. The highest BCUT2D eigenvalue weighted by Crippen LogP contribution is 2.26. The lowest BCUT2D eigenvalue weighted by atomic mass is 10.0. The monoisotopic (exact) mass is 373 g/mol. The van der Waals surface area contributed by atoms with E-state index in [4.69, 9.17) is 5.11 Å². The second-order valence-corrected chi connectivity index (χ2v) is 5.95. The van der Waals surface area contributed by atoms with Crippen molar-refractivity contribution in [2.75, 3.05) is 0 Å². The summed E-state index contributed by atoms with van der Waals surface area (Å²) < 4.78 is 40.3. The maximum absolute atomic E-state index is 12.3. The summed E-state index contributed by atoms with van der Waals surface area (Å²) in [7, 11) is 0. The Morgan fingerprint density at radius 1 is 1.24 bits per heavy atom. The molecule has 1 amide bonds. The smallest absolute Gasteiger partial charge is 0.481 e. The van der Waals surface area contributed by atoms with E-state index in [-0.39, 0.29) is 0 Å². The summed E-state index contributed by atoms with van der Waals surface area (Å²) in [5, 5.41) is 15.1. The van der Waals surface area contributed by atoms with Crippen LogP contribution in [0.2, 0.25) is 0 Å². The van der Waals surface area contributed by atoms with E-state index in [9.17, 15) is 22.8 Å². The van der Waals surface area contributed by atoms with E-state index in [1.165, 1.54) is 23.5 Å². The SMILES string of the molecule is Cc1cscc1C(=O)NC(CC(=O)O)c1ccc(OC(F)(F)F)cc1. The average Bonchev–Trinajstić information content (AvgIpc) is 2.91.